The van der Waals surface area contributed by atoms with Gasteiger partial charge >= 0.3 is 0 Å². The molecule has 0 aliphatic rings. The Hall–Kier alpha value is -2.12. The van der Waals surface area contributed by atoms with Crippen LogP contribution in [0.5, 0.6) is 0 Å². The number of hydrogen-bond acceptors (Lipinski definition) is 5. The van der Waals surface area contributed by atoms with Crippen molar-refractivity contribution >= 4 is 16.3 Å². The highest BCUT2D eigenvalue weighted by Crippen LogP contribution is 2.15. The molecular weight excluding hydrogens is 363 g/mol. The van der Waals surface area contributed by atoms with E-state index in [1.165, 1.54) is 28.0 Å². The van der Waals surface area contributed by atoms with Crippen molar-refractivity contribution in [3.05, 3.63) is 62.8 Å². The lowest BCUT2D eigenvalue weighted by Gasteiger charge is -2.21. The summed E-state index contributed by atoms with van der Waals surface area (Å²) in [5.74, 6) is -0.231. The number of rotatable bonds is 9. The van der Waals surface area contributed by atoms with E-state index >= 15 is 0 Å². The van der Waals surface area contributed by atoms with Gasteiger partial charge in [0.1, 0.15) is 10.8 Å². The highest BCUT2D eigenvalue weighted by atomic mass is 32.1. The molecule has 0 N–H and O–H groups in total. The predicted octanol–water partition coefficient (Wildman–Crippen LogP) is 4.04. The summed E-state index contributed by atoms with van der Waals surface area (Å²) in [7, 11) is 0. The largest absolute Gasteiger partial charge is 0.293 e. The Morgan fingerprint density at radius 1 is 1.15 bits per heavy atom. The molecule has 0 aliphatic heterocycles. The molecule has 0 saturated heterocycles. The first-order valence-corrected chi connectivity index (χ1v) is 10.3. The lowest BCUT2D eigenvalue weighted by atomic mass is 10.2. The SMILES string of the molecule is CCCCc1nn2c(=O)cc(CN(CCC)Cc3ccc(F)cc3)nc2s1. The quantitative estimate of drug-likeness (QED) is 0.555. The average Bonchev–Trinajstić information content (AvgIpc) is 3.05. The normalized spacial score (nSPS) is 11.6. The second-order valence-corrected chi connectivity index (χ2v) is 7.76. The van der Waals surface area contributed by atoms with Crippen molar-refractivity contribution in [1.82, 2.24) is 19.5 Å². The summed E-state index contributed by atoms with van der Waals surface area (Å²) >= 11 is 1.49. The first-order valence-electron chi connectivity index (χ1n) is 9.44. The van der Waals surface area contributed by atoms with Gasteiger partial charge in [-0.05, 0) is 37.1 Å². The number of hydrogen-bond donors (Lipinski definition) is 0. The summed E-state index contributed by atoms with van der Waals surface area (Å²) in [6.07, 6.45) is 4.03. The van der Waals surface area contributed by atoms with Crippen LogP contribution >= 0.6 is 11.3 Å². The third kappa shape index (κ3) is 5.20. The lowest BCUT2D eigenvalue weighted by molar-refractivity contribution is 0.254. The van der Waals surface area contributed by atoms with Crippen LogP contribution in [0.15, 0.2) is 35.1 Å². The predicted molar refractivity (Wildman–Crippen MR) is 107 cm³/mol. The number of aromatic nitrogens is 3. The molecule has 3 rings (SSSR count). The molecule has 0 amide bonds. The second kappa shape index (κ2) is 9.19. The minimum absolute atomic E-state index is 0.132. The van der Waals surface area contributed by atoms with Crippen LogP contribution in [0.1, 0.15) is 49.4 Å². The van der Waals surface area contributed by atoms with Crippen molar-refractivity contribution in [3.8, 4) is 0 Å². The number of halogens is 1. The van der Waals surface area contributed by atoms with Crippen LogP contribution in [0, 0.1) is 5.82 Å². The zero-order valence-corrected chi connectivity index (χ0v) is 16.6. The maximum atomic E-state index is 13.1. The molecule has 2 heterocycles. The number of benzene rings is 1. The van der Waals surface area contributed by atoms with Gasteiger partial charge in [0.25, 0.3) is 5.56 Å². The summed E-state index contributed by atoms with van der Waals surface area (Å²) in [5.41, 5.74) is 1.66. The summed E-state index contributed by atoms with van der Waals surface area (Å²) in [6.45, 7) is 6.41. The molecule has 0 saturated carbocycles. The molecule has 144 valence electrons. The molecule has 1 aromatic carbocycles. The van der Waals surface area contributed by atoms with Gasteiger partial charge in [0, 0.05) is 25.6 Å². The number of fused-ring (bicyclic) bond motifs is 1. The molecule has 0 atom stereocenters. The number of nitrogens with zero attached hydrogens (tertiary/aromatic N) is 4. The van der Waals surface area contributed by atoms with Gasteiger partial charge in [-0.25, -0.2) is 9.37 Å². The van der Waals surface area contributed by atoms with Gasteiger partial charge in [-0.3, -0.25) is 9.69 Å². The Morgan fingerprint density at radius 2 is 1.93 bits per heavy atom. The zero-order valence-electron chi connectivity index (χ0n) is 15.8. The van der Waals surface area contributed by atoms with E-state index in [2.05, 4.69) is 28.8 Å². The molecule has 0 aliphatic carbocycles. The summed E-state index contributed by atoms with van der Waals surface area (Å²) in [4.78, 5) is 20.0. The first-order chi connectivity index (χ1) is 13.1. The molecule has 0 bridgehead atoms. The highest BCUT2D eigenvalue weighted by Gasteiger charge is 2.12. The van der Waals surface area contributed by atoms with Crippen molar-refractivity contribution < 1.29 is 4.39 Å². The molecule has 2 aromatic heterocycles. The Kier molecular flexibility index (Phi) is 6.68. The van der Waals surface area contributed by atoms with Crippen molar-refractivity contribution in [2.45, 2.75) is 52.6 Å². The highest BCUT2D eigenvalue weighted by molar-refractivity contribution is 7.16. The maximum absolute atomic E-state index is 13.1. The fourth-order valence-corrected chi connectivity index (χ4v) is 3.97. The molecular formula is C20H25FN4OS. The van der Waals surface area contributed by atoms with Crippen LogP contribution in [0.25, 0.3) is 4.96 Å². The van der Waals surface area contributed by atoms with Gasteiger partial charge < -0.3 is 0 Å². The minimum Gasteiger partial charge on any atom is -0.293 e. The standard InChI is InChI=1S/C20H25FN4OS/c1-3-5-6-18-23-25-19(26)12-17(22-20(25)27-18)14-24(11-4-2)13-15-7-9-16(21)10-8-15/h7-10,12H,3-6,11,13-14H2,1-2H3. The van der Waals surface area contributed by atoms with E-state index in [0.29, 0.717) is 18.1 Å². The van der Waals surface area contributed by atoms with Crippen LogP contribution in [-0.2, 0) is 19.5 Å². The van der Waals surface area contributed by atoms with E-state index in [1.807, 2.05) is 0 Å². The fourth-order valence-electron chi connectivity index (χ4n) is 3.01. The molecule has 5 nitrogen and oxygen atoms in total. The van der Waals surface area contributed by atoms with Gasteiger partial charge in [0.15, 0.2) is 0 Å². The number of aryl methyl sites for hydroxylation is 1. The molecule has 7 heteroatoms. The fraction of sp³-hybridized carbons (Fsp3) is 0.450. The van der Waals surface area contributed by atoms with Gasteiger partial charge in [0.05, 0.1) is 5.69 Å². The second-order valence-electron chi connectivity index (χ2n) is 6.72. The van der Waals surface area contributed by atoms with E-state index in [0.717, 1.165) is 48.5 Å². The minimum atomic E-state index is -0.231. The van der Waals surface area contributed by atoms with E-state index in [1.54, 1.807) is 18.2 Å². The number of unbranched alkanes of at least 4 members (excludes halogenated alkanes) is 1. The van der Waals surface area contributed by atoms with Crippen molar-refractivity contribution in [1.29, 1.82) is 0 Å². The third-order valence-corrected chi connectivity index (χ3v) is 5.30. The molecule has 0 spiro atoms. The summed E-state index contributed by atoms with van der Waals surface area (Å²) < 4.78 is 14.5. The van der Waals surface area contributed by atoms with Crippen LogP contribution in [-0.4, -0.2) is 26.0 Å². The average molecular weight is 389 g/mol. The first kappa shape index (κ1) is 19.6. The molecule has 0 unspecified atom stereocenters. The monoisotopic (exact) mass is 388 g/mol. The topological polar surface area (TPSA) is 50.5 Å². The van der Waals surface area contributed by atoms with Crippen LogP contribution in [0.3, 0.4) is 0 Å². The van der Waals surface area contributed by atoms with Crippen LogP contribution < -0.4 is 5.56 Å². The van der Waals surface area contributed by atoms with Crippen molar-refractivity contribution in [2.24, 2.45) is 0 Å². The van der Waals surface area contributed by atoms with E-state index < -0.39 is 0 Å². The van der Waals surface area contributed by atoms with Gasteiger partial charge in [0.2, 0.25) is 4.96 Å². The smallest absolute Gasteiger partial charge is 0.275 e. The molecule has 0 radical (unpaired) electrons. The van der Waals surface area contributed by atoms with Gasteiger partial charge in [-0.1, -0.05) is 43.7 Å². The van der Waals surface area contributed by atoms with Crippen LogP contribution in [0.4, 0.5) is 4.39 Å². The Balaban J connectivity index is 1.79. The Bertz CT molecular complexity index is 935. The van der Waals surface area contributed by atoms with E-state index in [9.17, 15) is 9.18 Å². The molecule has 27 heavy (non-hydrogen) atoms. The van der Waals surface area contributed by atoms with Crippen molar-refractivity contribution in [3.63, 3.8) is 0 Å². The van der Waals surface area contributed by atoms with Gasteiger partial charge in [-0.15, -0.1) is 0 Å². The zero-order chi connectivity index (χ0) is 19.2. The van der Waals surface area contributed by atoms with Gasteiger partial charge in [-0.2, -0.15) is 9.61 Å². The summed E-state index contributed by atoms with van der Waals surface area (Å²) in [6, 6.07) is 8.12. The Morgan fingerprint density at radius 3 is 2.63 bits per heavy atom. The van der Waals surface area contributed by atoms with E-state index in [-0.39, 0.29) is 11.4 Å². The van der Waals surface area contributed by atoms with Crippen LogP contribution in [0.2, 0.25) is 0 Å². The summed E-state index contributed by atoms with van der Waals surface area (Å²) in [5, 5.41) is 5.35. The maximum Gasteiger partial charge on any atom is 0.275 e. The lowest BCUT2D eigenvalue weighted by Crippen LogP contribution is -2.26. The Labute approximate surface area is 162 Å². The van der Waals surface area contributed by atoms with E-state index in [4.69, 9.17) is 0 Å². The molecule has 0 fully saturated rings. The third-order valence-electron chi connectivity index (χ3n) is 4.33. The molecule has 3 aromatic rings. The van der Waals surface area contributed by atoms with Crippen molar-refractivity contribution in [2.75, 3.05) is 6.54 Å².